The molecular weight excluding hydrogens is 293 g/mol. The van der Waals surface area contributed by atoms with E-state index in [1.807, 2.05) is 44.2 Å². The number of aryl methyl sites for hydroxylation is 1. The van der Waals surface area contributed by atoms with Gasteiger partial charge < -0.3 is 5.32 Å². The summed E-state index contributed by atoms with van der Waals surface area (Å²) in [5.74, 6) is -0.236. The van der Waals surface area contributed by atoms with Crippen molar-refractivity contribution in [2.75, 3.05) is 5.32 Å². The first-order chi connectivity index (χ1) is 9.49. The monoisotopic (exact) mass is 307 g/mol. The number of hydrogen-bond donors (Lipinski definition) is 1. The summed E-state index contributed by atoms with van der Waals surface area (Å²) in [7, 11) is 0. The number of amides is 1. The SMILES string of the molecule is Cc1ccc(C(=O)Nc2ccccc2C(C)Cl)c(Cl)c1. The Bertz CT molecular complexity index is 638. The Kier molecular flexibility index (Phi) is 4.69. The molecule has 1 amide bonds. The van der Waals surface area contributed by atoms with E-state index in [0.29, 0.717) is 16.3 Å². The lowest BCUT2D eigenvalue weighted by molar-refractivity contribution is 0.102. The third-order valence-electron chi connectivity index (χ3n) is 3.01. The highest BCUT2D eigenvalue weighted by Gasteiger charge is 2.14. The van der Waals surface area contributed by atoms with Crippen LogP contribution in [0.4, 0.5) is 5.69 Å². The van der Waals surface area contributed by atoms with Gasteiger partial charge in [0, 0.05) is 5.69 Å². The number of anilines is 1. The van der Waals surface area contributed by atoms with Gasteiger partial charge in [0.2, 0.25) is 0 Å². The van der Waals surface area contributed by atoms with Crippen LogP contribution >= 0.6 is 23.2 Å². The van der Waals surface area contributed by atoms with Gasteiger partial charge in [-0.3, -0.25) is 4.79 Å². The van der Waals surface area contributed by atoms with Gasteiger partial charge in [-0.25, -0.2) is 0 Å². The molecule has 1 N–H and O–H groups in total. The average molecular weight is 308 g/mol. The normalized spacial score (nSPS) is 12.0. The summed E-state index contributed by atoms with van der Waals surface area (Å²) in [6.45, 7) is 3.80. The molecule has 0 fully saturated rings. The third kappa shape index (κ3) is 3.33. The van der Waals surface area contributed by atoms with E-state index in [-0.39, 0.29) is 11.3 Å². The fourth-order valence-electron chi connectivity index (χ4n) is 1.95. The lowest BCUT2D eigenvalue weighted by Crippen LogP contribution is -2.14. The number of alkyl halides is 1. The quantitative estimate of drug-likeness (QED) is 0.776. The second kappa shape index (κ2) is 6.29. The number of rotatable bonds is 3. The van der Waals surface area contributed by atoms with E-state index in [1.165, 1.54) is 0 Å². The molecule has 0 radical (unpaired) electrons. The summed E-state index contributed by atoms with van der Waals surface area (Å²) < 4.78 is 0. The molecule has 0 aliphatic rings. The van der Waals surface area contributed by atoms with Crippen molar-refractivity contribution in [3.05, 3.63) is 64.2 Å². The van der Waals surface area contributed by atoms with Crippen molar-refractivity contribution in [3.63, 3.8) is 0 Å². The van der Waals surface area contributed by atoms with Crippen molar-refractivity contribution < 1.29 is 4.79 Å². The smallest absolute Gasteiger partial charge is 0.257 e. The van der Waals surface area contributed by atoms with Crippen LogP contribution < -0.4 is 5.32 Å². The molecule has 0 bridgehead atoms. The van der Waals surface area contributed by atoms with Gasteiger partial charge in [0.05, 0.1) is 16.0 Å². The van der Waals surface area contributed by atoms with E-state index in [2.05, 4.69) is 5.32 Å². The third-order valence-corrected chi connectivity index (χ3v) is 3.55. The zero-order chi connectivity index (χ0) is 14.7. The Morgan fingerprint density at radius 2 is 1.90 bits per heavy atom. The van der Waals surface area contributed by atoms with E-state index < -0.39 is 0 Å². The minimum Gasteiger partial charge on any atom is -0.322 e. The molecule has 2 nitrogen and oxygen atoms in total. The highest BCUT2D eigenvalue weighted by Crippen LogP contribution is 2.28. The maximum absolute atomic E-state index is 12.3. The number of benzene rings is 2. The molecule has 0 aliphatic carbocycles. The first-order valence-corrected chi connectivity index (χ1v) is 7.11. The number of para-hydroxylation sites is 1. The van der Waals surface area contributed by atoms with Gasteiger partial charge in [0.15, 0.2) is 0 Å². The zero-order valence-corrected chi connectivity index (χ0v) is 12.8. The minimum atomic E-state index is -0.236. The zero-order valence-electron chi connectivity index (χ0n) is 11.3. The molecule has 0 saturated heterocycles. The highest BCUT2D eigenvalue weighted by atomic mass is 35.5. The van der Waals surface area contributed by atoms with Crippen LogP contribution in [-0.2, 0) is 0 Å². The van der Waals surface area contributed by atoms with Gasteiger partial charge in [-0.2, -0.15) is 0 Å². The van der Waals surface area contributed by atoms with Crippen molar-refractivity contribution in [1.82, 2.24) is 0 Å². The summed E-state index contributed by atoms with van der Waals surface area (Å²) in [6.07, 6.45) is 0. The summed E-state index contributed by atoms with van der Waals surface area (Å²) >= 11 is 12.2. The molecule has 0 spiro atoms. The Morgan fingerprint density at radius 3 is 2.55 bits per heavy atom. The van der Waals surface area contributed by atoms with Gasteiger partial charge in [-0.05, 0) is 43.2 Å². The van der Waals surface area contributed by atoms with E-state index >= 15 is 0 Å². The molecule has 1 atom stereocenters. The predicted molar refractivity (Wildman–Crippen MR) is 84.9 cm³/mol. The van der Waals surface area contributed by atoms with Crippen molar-refractivity contribution >= 4 is 34.8 Å². The number of carbonyl (C=O) groups is 1. The van der Waals surface area contributed by atoms with Gasteiger partial charge >= 0.3 is 0 Å². The summed E-state index contributed by atoms with van der Waals surface area (Å²) in [5.41, 5.74) is 3.05. The standard InChI is InChI=1S/C16H15Cl2NO/c1-10-7-8-13(14(18)9-10)16(20)19-15-6-4-3-5-12(15)11(2)17/h3-9,11H,1-2H3,(H,19,20). The molecule has 2 aromatic carbocycles. The van der Waals surface area contributed by atoms with E-state index in [9.17, 15) is 4.79 Å². The second-order valence-corrected chi connectivity index (χ2v) is 5.70. The highest BCUT2D eigenvalue weighted by molar-refractivity contribution is 6.34. The summed E-state index contributed by atoms with van der Waals surface area (Å²) in [4.78, 5) is 12.3. The van der Waals surface area contributed by atoms with Crippen LogP contribution in [0.2, 0.25) is 5.02 Å². The average Bonchev–Trinajstić information content (AvgIpc) is 2.38. The number of hydrogen-bond acceptors (Lipinski definition) is 1. The van der Waals surface area contributed by atoms with Crippen molar-refractivity contribution in [1.29, 1.82) is 0 Å². The Labute approximate surface area is 128 Å². The summed E-state index contributed by atoms with van der Waals surface area (Å²) in [6, 6.07) is 12.8. The molecule has 2 aromatic rings. The fraction of sp³-hybridized carbons (Fsp3) is 0.188. The molecular formula is C16H15Cl2NO. The molecule has 104 valence electrons. The second-order valence-electron chi connectivity index (χ2n) is 4.64. The first-order valence-electron chi connectivity index (χ1n) is 6.29. The fourth-order valence-corrected chi connectivity index (χ4v) is 2.46. The van der Waals surface area contributed by atoms with Crippen LogP contribution in [0.1, 0.15) is 33.8 Å². The molecule has 0 aliphatic heterocycles. The number of carbonyl (C=O) groups excluding carboxylic acids is 1. The van der Waals surface area contributed by atoms with Crippen LogP contribution in [0.5, 0.6) is 0 Å². The molecule has 2 rings (SSSR count). The van der Waals surface area contributed by atoms with E-state index in [4.69, 9.17) is 23.2 Å². The van der Waals surface area contributed by atoms with E-state index in [1.54, 1.807) is 12.1 Å². The predicted octanol–water partition coefficient (Wildman–Crippen LogP) is 5.20. The lowest BCUT2D eigenvalue weighted by atomic mass is 10.1. The molecule has 0 aromatic heterocycles. The number of halogens is 2. The van der Waals surface area contributed by atoms with Crippen molar-refractivity contribution in [2.24, 2.45) is 0 Å². The maximum atomic E-state index is 12.3. The van der Waals surface area contributed by atoms with Crippen LogP contribution in [0, 0.1) is 6.92 Å². The molecule has 1 unspecified atom stereocenters. The van der Waals surface area contributed by atoms with Crippen LogP contribution in [-0.4, -0.2) is 5.91 Å². The maximum Gasteiger partial charge on any atom is 0.257 e. The Morgan fingerprint density at radius 1 is 1.20 bits per heavy atom. The first kappa shape index (κ1) is 14.9. The van der Waals surface area contributed by atoms with Crippen molar-refractivity contribution in [3.8, 4) is 0 Å². The Hall–Kier alpha value is -1.51. The molecule has 0 saturated carbocycles. The van der Waals surface area contributed by atoms with Gasteiger partial charge in [-0.1, -0.05) is 35.9 Å². The van der Waals surface area contributed by atoms with Gasteiger partial charge in [-0.15, -0.1) is 11.6 Å². The van der Waals surface area contributed by atoms with Gasteiger partial charge in [0.25, 0.3) is 5.91 Å². The van der Waals surface area contributed by atoms with E-state index in [0.717, 1.165) is 11.1 Å². The molecule has 4 heteroatoms. The number of nitrogens with one attached hydrogen (secondary N) is 1. The molecule has 0 heterocycles. The van der Waals surface area contributed by atoms with Crippen LogP contribution in [0.3, 0.4) is 0 Å². The Balaban J connectivity index is 2.28. The minimum absolute atomic E-state index is 0.181. The van der Waals surface area contributed by atoms with Crippen LogP contribution in [0.15, 0.2) is 42.5 Å². The lowest BCUT2D eigenvalue weighted by Gasteiger charge is -2.13. The summed E-state index contributed by atoms with van der Waals surface area (Å²) in [5, 5.41) is 3.12. The largest absolute Gasteiger partial charge is 0.322 e. The topological polar surface area (TPSA) is 29.1 Å². The van der Waals surface area contributed by atoms with Crippen LogP contribution in [0.25, 0.3) is 0 Å². The van der Waals surface area contributed by atoms with Gasteiger partial charge in [0.1, 0.15) is 0 Å². The van der Waals surface area contributed by atoms with Crippen molar-refractivity contribution in [2.45, 2.75) is 19.2 Å². The molecule has 20 heavy (non-hydrogen) atoms.